The molecule has 1 amide bonds. The average Bonchev–Trinajstić information content (AvgIpc) is 3.07. The van der Waals surface area contributed by atoms with Crippen molar-refractivity contribution in [2.45, 2.75) is 6.92 Å². The van der Waals surface area contributed by atoms with Gasteiger partial charge in [-0.1, -0.05) is 11.6 Å². The number of piperazine rings is 1. The maximum absolute atomic E-state index is 13.0. The fourth-order valence-electron chi connectivity index (χ4n) is 3.40. The van der Waals surface area contributed by atoms with Crippen molar-refractivity contribution in [3.63, 3.8) is 0 Å². The van der Waals surface area contributed by atoms with E-state index in [0.29, 0.717) is 47.9 Å². The molecule has 0 N–H and O–H groups in total. The number of hydrogen-bond donors (Lipinski definition) is 0. The molecular weight excluding hydrogens is 364 g/mol. The van der Waals surface area contributed by atoms with Gasteiger partial charge < -0.3 is 14.2 Å². The largest absolute Gasteiger partial charge is 0.460 e. The SMILES string of the molecule is Cc1cc2cncc(C(=O)N3CCN(c4cc(Cl)cc(C#N)c4)CC3)c2o1. The Hall–Kier alpha value is -3.04. The first-order chi connectivity index (χ1) is 13.0. The molecule has 7 heteroatoms. The van der Waals surface area contributed by atoms with Crippen LogP contribution in [0.15, 0.2) is 41.1 Å². The van der Waals surface area contributed by atoms with E-state index in [1.807, 2.05) is 25.1 Å². The van der Waals surface area contributed by atoms with Crippen LogP contribution in [0.3, 0.4) is 0 Å². The number of furan rings is 1. The van der Waals surface area contributed by atoms with Crippen LogP contribution in [0.25, 0.3) is 11.0 Å². The molecule has 3 heterocycles. The highest BCUT2D eigenvalue weighted by Crippen LogP contribution is 2.25. The molecule has 0 radical (unpaired) electrons. The van der Waals surface area contributed by atoms with Crippen LogP contribution in [0.1, 0.15) is 21.7 Å². The number of nitriles is 1. The zero-order valence-corrected chi connectivity index (χ0v) is 15.5. The first kappa shape index (κ1) is 17.4. The summed E-state index contributed by atoms with van der Waals surface area (Å²) in [5, 5.41) is 10.5. The van der Waals surface area contributed by atoms with Gasteiger partial charge in [0.25, 0.3) is 5.91 Å². The predicted octanol–water partition coefficient (Wildman–Crippen LogP) is 3.62. The summed E-state index contributed by atoms with van der Waals surface area (Å²) in [6.45, 7) is 4.33. The molecule has 0 bridgehead atoms. The molecule has 3 aromatic rings. The molecule has 27 heavy (non-hydrogen) atoms. The van der Waals surface area contributed by atoms with Crippen LogP contribution < -0.4 is 4.90 Å². The number of carbonyl (C=O) groups is 1. The van der Waals surface area contributed by atoms with Gasteiger partial charge in [0.15, 0.2) is 0 Å². The van der Waals surface area contributed by atoms with Crippen molar-refractivity contribution in [2.24, 2.45) is 0 Å². The van der Waals surface area contributed by atoms with Crippen molar-refractivity contribution < 1.29 is 9.21 Å². The Bertz CT molecular complexity index is 1060. The maximum Gasteiger partial charge on any atom is 0.259 e. The highest BCUT2D eigenvalue weighted by Gasteiger charge is 2.25. The number of rotatable bonds is 2. The number of aromatic nitrogens is 1. The fourth-order valence-corrected chi connectivity index (χ4v) is 3.63. The van der Waals surface area contributed by atoms with Gasteiger partial charge in [0.2, 0.25) is 0 Å². The molecule has 0 spiro atoms. The first-order valence-electron chi connectivity index (χ1n) is 8.64. The third kappa shape index (κ3) is 3.34. The maximum atomic E-state index is 13.0. The van der Waals surface area contributed by atoms with E-state index in [0.717, 1.165) is 16.8 Å². The minimum atomic E-state index is -0.0779. The molecule has 0 unspecified atom stereocenters. The third-order valence-corrected chi connectivity index (χ3v) is 4.94. The van der Waals surface area contributed by atoms with Crippen LogP contribution in [0.4, 0.5) is 5.69 Å². The molecule has 1 saturated heterocycles. The summed E-state index contributed by atoms with van der Waals surface area (Å²) in [5.74, 6) is 0.678. The lowest BCUT2D eigenvalue weighted by atomic mass is 10.1. The van der Waals surface area contributed by atoms with E-state index in [4.69, 9.17) is 21.3 Å². The Morgan fingerprint density at radius 2 is 1.96 bits per heavy atom. The van der Waals surface area contributed by atoms with Crippen LogP contribution in [0, 0.1) is 18.3 Å². The van der Waals surface area contributed by atoms with E-state index in [1.54, 1.807) is 23.4 Å². The Kier molecular flexibility index (Phi) is 4.46. The molecule has 1 fully saturated rings. The fraction of sp³-hybridized carbons (Fsp3) is 0.250. The molecule has 1 aliphatic heterocycles. The van der Waals surface area contributed by atoms with Gasteiger partial charge in [-0.05, 0) is 31.2 Å². The summed E-state index contributed by atoms with van der Waals surface area (Å²) in [7, 11) is 0. The quantitative estimate of drug-likeness (QED) is 0.678. The number of hydrogen-bond acceptors (Lipinski definition) is 5. The smallest absolute Gasteiger partial charge is 0.259 e. The lowest BCUT2D eigenvalue weighted by Gasteiger charge is -2.36. The van der Waals surface area contributed by atoms with Gasteiger partial charge in [0, 0.05) is 54.7 Å². The second kappa shape index (κ2) is 6.93. The Labute approximate surface area is 161 Å². The lowest BCUT2D eigenvalue weighted by molar-refractivity contribution is 0.0747. The first-order valence-corrected chi connectivity index (χ1v) is 9.02. The zero-order chi connectivity index (χ0) is 19.0. The van der Waals surface area contributed by atoms with Crippen LogP contribution >= 0.6 is 11.6 Å². The molecule has 0 aliphatic carbocycles. The van der Waals surface area contributed by atoms with Crippen LogP contribution in [-0.2, 0) is 0 Å². The van der Waals surface area contributed by atoms with Gasteiger partial charge in [0.05, 0.1) is 11.6 Å². The van der Waals surface area contributed by atoms with Gasteiger partial charge >= 0.3 is 0 Å². The monoisotopic (exact) mass is 380 g/mol. The molecule has 2 aromatic heterocycles. The lowest BCUT2D eigenvalue weighted by Crippen LogP contribution is -2.48. The molecule has 1 aliphatic rings. The van der Waals surface area contributed by atoms with Gasteiger partial charge in [-0.3, -0.25) is 9.78 Å². The van der Waals surface area contributed by atoms with Gasteiger partial charge in [-0.15, -0.1) is 0 Å². The van der Waals surface area contributed by atoms with Crippen molar-refractivity contribution in [1.82, 2.24) is 9.88 Å². The summed E-state index contributed by atoms with van der Waals surface area (Å²) in [6.07, 6.45) is 3.27. The van der Waals surface area contributed by atoms with Crippen molar-refractivity contribution >= 4 is 34.2 Å². The van der Waals surface area contributed by atoms with Crippen LogP contribution in [0.5, 0.6) is 0 Å². The van der Waals surface area contributed by atoms with Crippen molar-refractivity contribution in [3.05, 3.63) is 58.6 Å². The van der Waals surface area contributed by atoms with Gasteiger partial charge in [-0.25, -0.2) is 0 Å². The third-order valence-electron chi connectivity index (χ3n) is 4.72. The predicted molar refractivity (Wildman–Crippen MR) is 103 cm³/mol. The number of amides is 1. The van der Waals surface area contributed by atoms with Crippen molar-refractivity contribution in [1.29, 1.82) is 5.26 Å². The number of carbonyl (C=O) groups excluding carboxylic acids is 1. The number of anilines is 1. The minimum Gasteiger partial charge on any atom is -0.460 e. The Balaban J connectivity index is 1.51. The average molecular weight is 381 g/mol. The number of benzene rings is 1. The molecule has 4 rings (SSSR count). The highest BCUT2D eigenvalue weighted by molar-refractivity contribution is 6.31. The van der Waals surface area contributed by atoms with E-state index in [2.05, 4.69) is 16.0 Å². The normalized spacial score (nSPS) is 14.4. The molecule has 6 nitrogen and oxygen atoms in total. The number of fused-ring (bicyclic) bond motifs is 1. The summed E-state index contributed by atoms with van der Waals surface area (Å²) in [6, 6.07) is 9.30. The van der Waals surface area contributed by atoms with Gasteiger partial charge in [0.1, 0.15) is 16.9 Å². The van der Waals surface area contributed by atoms with E-state index in [1.165, 1.54) is 0 Å². The summed E-state index contributed by atoms with van der Waals surface area (Å²) in [4.78, 5) is 21.1. The number of aryl methyl sites for hydroxylation is 1. The van der Waals surface area contributed by atoms with Crippen molar-refractivity contribution in [3.8, 4) is 6.07 Å². The minimum absolute atomic E-state index is 0.0779. The van der Waals surface area contributed by atoms with E-state index in [-0.39, 0.29) is 5.91 Å². The molecule has 1 aromatic carbocycles. The molecule has 0 saturated carbocycles. The van der Waals surface area contributed by atoms with E-state index in [9.17, 15) is 4.79 Å². The molecule has 0 atom stereocenters. The molecule has 136 valence electrons. The van der Waals surface area contributed by atoms with Crippen molar-refractivity contribution in [2.75, 3.05) is 31.1 Å². The number of nitrogens with zero attached hydrogens (tertiary/aromatic N) is 4. The summed E-state index contributed by atoms with van der Waals surface area (Å²) >= 11 is 6.10. The highest BCUT2D eigenvalue weighted by atomic mass is 35.5. The number of halogens is 1. The van der Waals surface area contributed by atoms with Crippen LogP contribution in [-0.4, -0.2) is 42.0 Å². The Morgan fingerprint density at radius 1 is 1.19 bits per heavy atom. The standard InChI is InChI=1S/C20H17ClN4O2/c1-13-6-15-11-23-12-18(19(15)27-13)20(26)25-4-2-24(3-5-25)17-8-14(10-22)7-16(21)9-17/h6-9,11-12H,2-5H2,1H3. The Morgan fingerprint density at radius 3 is 2.70 bits per heavy atom. The summed E-state index contributed by atoms with van der Waals surface area (Å²) in [5.41, 5.74) is 2.51. The molecular formula is C20H17ClN4O2. The zero-order valence-electron chi connectivity index (χ0n) is 14.8. The van der Waals surface area contributed by atoms with E-state index >= 15 is 0 Å². The topological polar surface area (TPSA) is 73.4 Å². The number of pyridine rings is 1. The second-order valence-corrected chi connectivity index (χ2v) is 6.99. The van der Waals surface area contributed by atoms with Crippen LogP contribution in [0.2, 0.25) is 5.02 Å². The van der Waals surface area contributed by atoms with E-state index < -0.39 is 0 Å². The summed E-state index contributed by atoms with van der Waals surface area (Å²) < 4.78 is 5.70. The van der Waals surface area contributed by atoms with Gasteiger partial charge in [-0.2, -0.15) is 5.26 Å². The second-order valence-electron chi connectivity index (χ2n) is 6.55.